The van der Waals surface area contributed by atoms with E-state index >= 15 is 0 Å². The average molecular weight is 521 g/mol. The molecule has 0 unspecified atom stereocenters. The number of likely N-dealkylation sites (N-methyl/N-ethyl adjacent to an activating group) is 1. The maximum atomic E-state index is 12.7. The number of hydrogen-bond acceptors (Lipinski definition) is 7. The molecule has 1 aromatic heterocycles. The van der Waals surface area contributed by atoms with Crippen LogP contribution in [0.15, 0.2) is 79.0 Å². The number of hydrogen-bond donors (Lipinski definition) is 1. The quantitative estimate of drug-likeness (QED) is 0.224. The summed E-state index contributed by atoms with van der Waals surface area (Å²) in [6.45, 7) is 5.02. The number of carbonyl (C=O) groups is 1. The number of aryl methyl sites for hydroxylation is 1. The minimum absolute atomic E-state index is 0.0271. The number of nitrogens with one attached hydrogen (secondary N) is 1. The molecule has 0 aliphatic rings. The number of benzene rings is 3. The number of aromatic nitrogens is 1. The fourth-order valence-electron chi connectivity index (χ4n) is 4.16. The minimum Gasteiger partial charge on any atom is -0.494 e. The van der Waals surface area contributed by atoms with E-state index in [1.807, 2.05) is 99.6 Å². The lowest BCUT2D eigenvalue weighted by Gasteiger charge is -2.16. The van der Waals surface area contributed by atoms with Crippen molar-refractivity contribution in [3.63, 3.8) is 0 Å². The minimum atomic E-state index is -0.0271. The van der Waals surface area contributed by atoms with Gasteiger partial charge in [-0.2, -0.15) is 5.26 Å². The van der Waals surface area contributed by atoms with Crippen LogP contribution in [0.5, 0.6) is 17.2 Å². The summed E-state index contributed by atoms with van der Waals surface area (Å²) in [4.78, 5) is 19.2. The number of nitriles is 1. The summed E-state index contributed by atoms with van der Waals surface area (Å²) in [5, 5.41) is 14.0. The number of anilines is 2. The monoisotopic (exact) mass is 520 g/mol. The maximum Gasteiger partial charge on any atom is 0.159 e. The molecule has 0 aliphatic carbocycles. The maximum absolute atomic E-state index is 12.7. The Bertz CT molecular complexity index is 1540. The third-order valence-corrected chi connectivity index (χ3v) is 6.02. The van der Waals surface area contributed by atoms with Gasteiger partial charge in [0.25, 0.3) is 0 Å². The van der Waals surface area contributed by atoms with Crippen LogP contribution in [-0.2, 0) is 11.2 Å². The van der Waals surface area contributed by atoms with Crippen LogP contribution < -0.4 is 14.8 Å². The summed E-state index contributed by atoms with van der Waals surface area (Å²) < 4.78 is 11.9. The smallest absolute Gasteiger partial charge is 0.159 e. The van der Waals surface area contributed by atoms with Gasteiger partial charge in [0, 0.05) is 41.9 Å². The van der Waals surface area contributed by atoms with E-state index in [1.165, 1.54) is 0 Å². The number of para-hydroxylation sites is 1. The van der Waals surface area contributed by atoms with E-state index in [0.29, 0.717) is 35.7 Å². The van der Waals surface area contributed by atoms with Crippen molar-refractivity contribution in [2.75, 3.05) is 32.6 Å². The van der Waals surface area contributed by atoms with E-state index in [-0.39, 0.29) is 12.2 Å². The van der Waals surface area contributed by atoms with Gasteiger partial charge in [0.05, 0.1) is 23.4 Å². The third-order valence-electron chi connectivity index (χ3n) is 6.02. The van der Waals surface area contributed by atoms with Crippen LogP contribution in [0, 0.1) is 18.3 Å². The second kappa shape index (κ2) is 12.7. The lowest BCUT2D eigenvalue weighted by atomic mass is 10.0. The fourth-order valence-corrected chi connectivity index (χ4v) is 4.16. The molecule has 0 fully saturated rings. The highest BCUT2D eigenvalue weighted by atomic mass is 16.5. The highest BCUT2D eigenvalue weighted by Crippen LogP contribution is 2.35. The number of carbonyl (C=O) groups excluding carboxylic acids is 1. The Morgan fingerprint density at radius 1 is 1.10 bits per heavy atom. The van der Waals surface area contributed by atoms with Crippen molar-refractivity contribution in [1.29, 1.82) is 5.26 Å². The van der Waals surface area contributed by atoms with Gasteiger partial charge in [-0.3, -0.25) is 9.78 Å². The molecule has 198 valence electrons. The normalized spacial score (nSPS) is 11.1. The lowest BCUT2D eigenvalue weighted by Crippen LogP contribution is -2.11. The molecular weight excluding hydrogens is 488 g/mol. The van der Waals surface area contributed by atoms with Crippen LogP contribution in [0.1, 0.15) is 23.6 Å². The molecule has 4 aromatic rings. The van der Waals surface area contributed by atoms with Crippen molar-refractivity contribution >= 4 is 28.1 Å². The first-order valence-corrected chi connectivity index (χ1v) is 12.8. The summed E-state index contributed by atoms with van der Waals surface area (Å²) in [5.41, 5.74) is 4.17. The van der Waals surface area contributed by atoms with Crippen LogP contribution in [-0.4, -0.2) is 42.9 Å². The fraction of sp³-hybridized carbons (Fsp3) is 0.219. The topological polar surface area (TPSA) is 87.5 Å². The molecule has 0 bridgehead atoms. The van der Waals surface area contributed by atoms with E-state index in [4.69, 9.17) is 9.47 Å². The molecule has 0 amide bonds. The van der Waals surface area contributed by atoms with Gasteiger partial charge in [0.1, 0.15) is 23.3 Å². The summed E-state index contributed by atoms with van der Waals surface area (Å²) in [6, 6.07) is 21.4. The zero-order valence-electron chi connectivity index (χ0n) is 22.7. The third kappa shape index (κ3) is 7.01. The predicted molar refractivity (Wildman–Crippen MR) is 155 cm³/mol. The lowest BCUT2D eigenvalue weighted by molar-refractivity contribution is -0.114. The first kappa shape index (κ1) is 27.4. The molecule has 0 saturated carbocycles. The molecule has 7 nitrogen and oxygen atoms in total. The second-order valence-corrected chi connectivity index (χ2v) is 9.40. The van der Waals surface area contributed by atoms with E-state index in [0.717, 1.165) is 33.7 Å². The first-order chi connectivity index (χ1) is 18.9. The van der Waals surface area contributed by atoms with Crippen molar-refractivity contribution < 1.29 is 14.3 Å². The molecule has 7 heteroatoms. The standard InChI is InChI=1S/C32H32N4O3/c1-5-38-31-19-29-28(18-23(31)17-26(37)10-9-15-36(3)4)32(24(20-33)21-34-29)35-25-13-14-30(22(2)16-25)39-27-11-7-6-8-12-27/h6-14,16,18-19,21H,5,15,17H2,1-4H3,(H,34,35)/b10-9+. The van der Waals surface area contributed by atoms with E-state index < -0.39 is 0 Å². The Labute approximate surface area is 229 Å². The van der Waals surface area contributed by atoms with Gasteiger partial charge in [-0.15, -0.1) is 0 Å². The van der Waals surface area contributed by atoms with Crippen molar-refractivity contribution in [3.05, 3.63) is 95.7 Å². The number of rotatable bonds is 11. The molecule has 0 saturated heterocycles. The molecular formula is C32H32N4O3. The van der Waals surface area contributed by atoms with Crippen LogP contribution in [0.25, 0.3) is 10.9 Å². The zero-order valence-corrected chi connectivity index (χ0v) is 22.7. The Morgan fingerprint density at radius 2 is 1.90 bits per heavy atom. The molecule has 3 aromatic carbocycles. The van der Waals surface area contributed by atoms with Gasteiger partial charge < -0.3 is 19.7 Å². The zero-order chi connectivity index (χ0) is 27.8. The van der Waals surface area contributed by atoms with Gasteiger partial charge in [0.15, 0.2) is 5.78 Å². The number of nitrogens with zero attached hydrogens (tertiary/aromatic N) is 3. The summed E-state index contributed by atoms with van der Waals surface area (Å²) in [5.74, 6) is 2.09. The Kier molecular flexibility index (Phi) is 8.93. The highest BCUT2D eigenvalue weighted by Gasteiger charge is 2.16. The van der Waals surface area contributed by atoms with Crippen LogP contribution in [0.4, 0.5) is 11.4 Å². The molecule has 0 radical (unpaired) electrons. The van der Waals surface area contributed by atoms with E-state index in [1.54, 1.807) is 12.3 Å². The van der Waals surface area contributed by atoms with Crippen LogP contribution in [0.2, 0.25) is 0 Å². The molecule has 39 heavy (non-hydrogen) atoms. The largest absolute Gasteiger partial charge is 0.494 e. The Balaban J connectivity index is 1.69. The Morgan fingerprint density at radius 3 is 2.59 bits per heavy atom. The Hall–Kier alpha value is -4.67. The second-order valence-electron chi connectivity index (χ2n) is 9.40. The van der Waals surface area contributed by atoms with Gasteiger partial charge in [-0.25, -0.2) is 0 Å². The van der Waals surface area contributed by atoms with Crippen molar-refractivity contribution in [3.8, 4) is 23.3 Å². The molecule has 0 aliphatic heterocycles. The van der Waals surface area contributed by atoms with Crippen molar-refractivity contribution in [1.82, 2.24) is 9.88 Å². The van der Waals surface area contributed by atoms with E-state index in [2.05, 4.69) is 16.4 Å². The summed E-state index contributed by atoms with van der Waals surface area (Å²) in [7, 11) is 3.90. The molecule has 0 spiro atoms. The molecule has 4 rings (SSSR count). The van der Waals surface area contributed by atoms with Gasteiger partial charge in [0.2, 0.25) is 0 Å². The molecule has 1 heterocycles. The summed E-state index contributed by atoms with van der Waals surface area (Å²) in [6.07, 6.45) is 5.18. The molecule has 0 atom stereocenters. The highest BCUT2D eigenvalue weighted by molar-refractivity contribution is 5.99. The number of pyridine rings is 1. The SMILES string of the molecule is CCOc1cc2ncc(C#N)c(Nc3ccc(Oc4ccccc4)c(C)c3)c2cc1CC(=O)/C=C/CN(C)C. The number of ether oxygens (including phenoxy) is 2. The van der Waals surface area contributed by atoms with Crippen LogP contribution in [0.3, 0.4) is 0 Å². The summed E-state index contributed by atoms with van der Waals surface area (Å²) >= 11 is 0. The van der Waals surface area contributed by atoms with E-state index in [9.17, 15) is 10.1 Å². The van der Waals surface area contributed by atoms with Gasteiger partial charge in [-0.1, -0.05) is 24.3 Å². The van der Waals surface area contributed by atoms with Crippen molar-refractivity contribution in [2.24, 2.45) is 0 Å². The predicted octanol–water partition coefficient (Wildman–Crippen LogP) is 6.58. The number of allylic oxidation sites excluding steroid dienone is 1. The number of ketones is 1. The number of fused-ring (bicyclic) bond motifs is 1. The van der Waals surface area contributed by atoms with Crippen LogP contribution >= 0.6 is 0 Å². The van der Waals surface area contributed by atoms with Gasteiger partial charge >= 0.3 is 0 Å². The first-order valence-electron chi connectivity index (χ1n) is 12.8. The average Bonchev–Trinajstić information content (AvgIpc) is 2.91. The van der Waals surface area contributed by atoms with Gasteiger partial charge in [-0.05, 0) is 76.0 Å². The van der Waals surface area contributed by atoms with Crippen molar-refractivity contribution in [2.45, 2.75) is 20.3 Å². The molecule has 1 N–H and O–H groups in total.